The Labute approximate surface area is 191 Å². The number of rotatable bonds is 4. The molecule has 4 fully saturated rings. The summed E-state index contributed by atoms with van der Waals surface area (Å²) in [6, 6.07) is 3.87. The molecule has 0 aromatic carbocycles. The van der Waals surface area contributed by atoms with Crippen LogP contribution in [0.4, 0.5) is 0 Å². The number of likely N-dealkylation sites (tertiary alicyclic amines) is 1. The molecule has 2 heterocycles. The Bertz CT molecular complexity index is 946. The van der Waals surface area contributed by atoms with E-state index in [0.717, 1.165) is 25.2 Å². The second-order valence-electron chi connectivity index (χ2n) is 11.1. The third-order valence-corrected chi connectivity index (χ3v) is 12.9. The number of nitrogens with one attached hydrogen (secondary N) is 1. The lowest BCUT2D eigenvalue weighted by atomic mass is 9.47. The molecule has 1 amide bonds. The van der Waals surface area contributed by atoms with Crippen molar-refractivity contribution >= 4 is 27.3 Å². The minimum atomic E-state index is -3.40. The van der Waals surface area contributed by atoms with E-state index in [1.54, 1.807) is 12.1 Å². The molecule has 7 heteroatoms. The van der Waals surface area contributed by atoms with Crippen molar-refractivity contribution in [3.8, 4) is 0 Å². The molecule has 31 heavy (non-hydrogen) atoms. The van der Waals surface area contributed by atoms with E-state index in [4.69, 9.17) is 0 Å². The lowest BCUT2D eigenvalue weighted by Crippen LogP contribution is -2.61. The van der Waals surface area contributed by atoms with Crippen LogP contribution in [-0.4, -0.2) is 38.9 Å². The summed E-state index contributed by atoms with van der Waals surface area (Å²) in [5, 5.41) is 1.82. The lowest BCUT2D eigenvalue weighted by molar-refractivity contribution is -0.158. The lowest BCUT2D eigenvalue weighted by Gasteiger charge is -2.61. The SMILES string of the molecule is CN1C(=O)CC[C@]2(C)[C@H]3CC[C@]4(C)[C@@H](CNS(=O)(=O)c5cccs5)CC[C@H]4[C@@H]3CC[C@@H]12. The zero-order valence-electron chi connectivity index (χ0n) is 19.0. The molecule has 5 rings (SSSR count). The van der Waals surface area contributed by atoms with E-state index in [2.05, 4.69) is 23.5 Å². The Morgan fingerprint density at radius 1 is 1.10 bits per heavy atom. The molecule has 1 aromatic rings. The Kier molecular flexibility index (Phi) is 5.34. The molecular weight excluding hydrogens is 428 g/mol. The van der Waals surface area contributed by atoms with Crippen LogP contribution in [0.1, 0.15) is 65.2 Å². The summed E-state index contributed by atoms with van der Waals surface area (Å²) in [7, 11) is -1.38. The van der Waals surface area contributed by atoms with Gasteiger partial charge in [0.25, 0.3) is 0 Å². The summed E-state index contributed by atoms with van der Waals surface area (Å²) in [5.74, 6) is 2.83. The smallest absolute Gasteiger partial charge is 0.250 e. The van der Waals surface area contributed by atoms with Gasteiger partial charge in [0.15, 0.2) is 0 Å². The molecule has 0 unspecified atom stereocenters. The highest BCUT2D eigenvalue weighted by atomic mass is 32.2. The van der Waals surface area contributed by atoms with Crippen LogP contribution in [0.5, 0.6) is 0 Å². The predicted octanol–water partition coefficient (Wildman–Crippen LogP) is 4.51. The number of hydrogen-bond donors (Lipinski definition) is 1. The second kappa shape index (κ2) is 7.56. The Hall–Kier alpha value is -0.920. The highest BCUT2D eigenvalue weighted by molar-refractivity contribution is 7.91. The van der Waals surface area contributed by atoms with Gasteiger partial charge in [-0.25, -0.2) is 13.1 Å². The van der Waals surface area contributed by atoms with E-state index in [1.165, 1.54) is 37.0 Å². The van der Waals surface area contributed by atoms with E-state index < -0.39 is 10.0 Å². The molecule has 0 spiro atoms. The van der Waals surface area contributed by atoms with Gasteiger partial charge in [-0.05, 0) is 90.9 Å². The van der Waals surface area contributed by atoms with Crippen molar-refractivity contribution in [2.24, 2.45) is 34.5 Å². The van der Waals surface area contributed by atoms with E-state index in [9.17, 15) is 13.2 Å². The first kappa shape index (κ1) is 21.9. The number of hydrogen-bond acceptors (Lipinski definition) is 4. The molecule has 0 bridgehead atoms. The fourth-order valence-electron chi connectivity index (χ4n) is 8.29. The van der Waals surface area contributed by atoms with E-state index in [1.807, 2.05) is 12.4 Å². The summed E-state index contributed by atoms with van der Waals surface area (Å²) in [5.41, 5.74) is 0.463. The van der Waals surface area contributed by atoms with E-state index in [-0.39, 0.29) is 10.8 Å². The number of piperidine rings is 1. The van der Waals surface area contributed by atoms with Crippen molar-refractivity contribution in [1.82, 2.24) is 9.62 Å². The molecular formula is C24H36N2O3S2. The van der Waals surface area contributed by atoms with E-state index in [0.29, 0.717) is 46.9 Å². The summed E-state index contributed by atoms with van der Waals surface area (Å²) in [4.78, 5) is 14.4. The number of carbonyl (C=O) groups excluding carboxylic acids is 1. The summed E-state index contributed by atoms with van der Waals surface area (Å²) in [6.07, 6.45) is 8.83. The molecule has 4 aliphatic rings. The van der Waals surface area contributed by atoms with Crippen LogP contribution in [-0.2, 0) is 14.8 Å². The fourth-order valence-corrected chi connectivity index (χ4v) is 10.4. The van der Waals surface area contributed by atoms with Crippen LogP contribution in [0.2, 0.25) is 0 Å². The first-order valence-corrected chi connectivity index (χ1v) is 14.3. The zero-order chi connectivity index (χ0) is 22.0. The van der Waals surface area contributed by atoms with Crippen LogP contribution < -0.4 is 4.72 Å². The quantitative estimate of drug-likeness (QED) is 0.713. The molecule has 3 aliphatic carbocycles. The summed E-state index contributed by atoms with van der Waals surface area (Å²) >= 11 is 1.28. The largest absolute Gasteiger partial charge is 0.342 e. The van der Waals surface area contributed by atoms with Crippen molar-refractivity contribution in [2.45, 2.75) is 75.5 Å². The van der Waals surface area contributed by atoms with Gasteiger partial charge in [-0.3, -0.25) is 4.79 Å². The minimum absolute atomic E-state index is 0.221. The fraction of sp³-hybridized carbons (Fsp3) is 0.792. The second-order valence-corrected chi connectivity index (χ2v) is 14.0. The number of sulfonamides is 1. The van der Waals surface area contributed by atoms with Crippen molar-refractivity contribution in [3.63, 3.8) is 0 Å². The Morgan fingerprint density at radius 2 is 1.87 bits per heavy atom. The van der Waals surface area contributed by atoms with Gasteiger partial charge in [0.1, 0.15) is 4.21 Å². The third-order valence-electron chi connectivity index (χ3n) is 10.0. The normalized spacial score (nSPS) is 42.7. The molecule has 5 nitrogen and oxygen atoms in total. The number of thiophene rings is 1. The minimum Gasteiger partial charge on any atom is -0.342 e. The topological polar surface area (TPSA) is 66.5 Å². The first-order valence-electron chi connectivity index (χ1n) is 12.0. The van der Waals surface area contributed by atoms with Gasteiger partial charge in [0, 0.05) is 26.1 Å². The van der Waals surface area contributed by atoms with Crippen LogP contribution in [0.15, 0.2) is 21.7 Å². The van der Waals surface area contributed by atoms with Gasteiger partial charge >= 0.3 is 0 Å². The maximum absolute atomic E-state index is 12.7. The van der Waals surface area contributed by atoms with Gasteiger partial charge in [-0.2, -0.15) is 0 Å². The highest BCUT2D eigenvalue weighted by Gasteiger charge is 2.61. The number of nitrogens with zero attached hydrogens (tertiary/aromatic N) is 1. The molecule has 7 atom stereocenters. The van der Waals surface area contributed by atoms with Crippen molar-refractivity contribution < 1.29 is 13.2 Å². The van der Waals surface area contributed by atoms with Gasteiger partial charge < -0.3 is 4.90 Å². The molecule has 172 valence electrons. The van der Waals surface area contributed by atoms with Crippen LogP contribution in [0.25, 0.3) is 0 Å². The molecule has 1 aliphatic heterocycles. The van der Waals surface area contributed by atoms with Gasteiger partial charge in [-0.1, -0.05) is 19.9 Å². The molecule has 1 N–H and O–H groups in total. The average molecular weight is 465 g/mol. The van der Waals surface area contributed by atoms with Gasteiger partial charge in [-0.15, -0.1) is 11.3 Å². The third kappa shape index (κ3) is 3.33. The molecule has 0 radical (unpaired) electrons. The maximum Gasteiger partial charge on any atom is 0.250 e. The summed E-state index contributed by atoms with van der Waals surface area (Å²) in [6.45, 7) is 5.46. The van der Waals surface area contributed by atoms with Crippen molar-refractivity contribution in [3.05, 3.63) is 17.5 Å². The first-order chi connectivity index (χ1) is 14.7. The molecule has 1 aromatic heterocycles. The van der Waals surface area contributed by atoms with Crippen molar-refractivity contribution in [1.29, 1.82) is 0 Å². The van der Waals surface area contributed by atoms with Crippen LogP contribution in [0.3, 0.4) is 0 Å². The number of amides is 1. The standard InChI is InChI=1S/C24H36N2O3S2/c1-23-12-10-19-17(7-9-20-24(19,2)13-11-21(27)26(20)3)18(23)8-6-16(23)15-25-31(28,29)22-5-4-14-30-22/h4-5,14,16-20,25H,6-13,15H2,1-3H3/t16-,17+,18+,19+,20-,23-,24-/m1/s1. The van der Waals surface area contributed by atoms with Gasteiger partial charge in [0.05, 0.1) is 0 Å². The van der Waals surface area contributed by atoms with Crippen molar-refractivity contribution in [2.75, 3.05) is 13.6 Å². The Balaban J connectivity index is 1.32. The zero-order valence-corrected chi connectivity index (χ0v) is 20.6. The molecule has 1 saturated heterocycles. The predicted molar refractivity (Wildman–Crippen MR) is 123 cm³/mol. The molecule has 3 saturated carbocycles. The number of carbonyl (C=O) groups is 1. The average Bonchev–Trinajstić information content (AvgIpc) is 3.38. The van der Waals surface area contributed by atoms with E-state index >= 15 is 0 Å². The Morgan fingerprint density at radius 3 is 2.61 bits per heavy atom. The maximum atomic E-state index is 12.7. The highest BCUT2D eigenvalue weighted by Crippen LogP contribution is 2.66. The summed E-state index contributed by atoms with van der Waals surface area (Å²) < 4.78 is 28.7. The monoisotopic (exact) mass is 464 g/mol. The van der Waals surface area contributed by atoms with Crippen LogP contribution >= 0.6 is 11.3 Å². The van der Waals surface area contributed by atoms with Gasteiger partial charge in [0.2, 0.25) is 15.9 Å². The number of fused-ring (bicyclic) bond motifs is 5. The van der Waals surface area contributed by atoms with Crippen LogP contribution in [0, 0.1) is 34.5 Å².